The lowest BCUT2D eigenvalue weighted by Gasteiger charge is -2.37. The van der Waals surface area contributed by atoms with Gasteiger partial charge in [-0.3, -0.25) is 9.80 Å². The summed E-state index contributed by atoms with van der Waals surface area (Å²) < 4.78 is 0. The third-order valence-electron chi connectivity index (χ3n) is 4.93. The molecule has 1 N–H and O–H groups in total. The van der Waals surface area contributed by atoms with Crippen LogP contribution in [0.25, 0.3) is 0 Å². The number of hydrogen-bond acceptors (Lipinski definition) is 4. The summed E-state index contributed by atoms with van der Waals surface area (Å²) >= 11 is 0. The lowest BCUT2D eigenvalue weighted by Crippen LogP contribution is -2.51. The summed E-state index contributed by atoms with van der Waals surface area (Å²) in [6, 6.07) is 2.45. The van der Waals surface area contributed by atoms with Crippen molar-refractivity contribution in [1.29, 1.82) is 5.26 Å². The minimum Gasteiger partial charge on any atom is -0.392 e. The molecule has 1 aliphatic heterocycles. The summed E-state index contributed by atoms with van der Waals surface area (Å²) in [6.45, 7) is 6.78. The average molecular weight is 279 g/mol. The Balaban J connectivity index is 1.67. The fraction of sp³-hybridized carbons (Fsp3) is 0.938. The molecule has 4 heteroatoms. The van der Waals surface area contributed by atoms with Crippen molar-refractivity contribution in [2.24, 2.45) is 5.92 Å². The van der Waals surface area contributed by atoms with Gasteiger partial charge in [-0.2, -0.15) is 5.26 Å². The first kappa shape index (κ1) is 15.8. The highest BCUT2D eigenvalue weighted by molar-refractivity contribution is 4.92. The molecule has 2 atom stereocenters. The summed E-state index contributed by atoms with van der Waals surface area (Å²) in [5, 5.41) is 19.3. The maximum Gasteiger partial charge on any atom is 0.0976 e. The van der Waals surface area contributed by atoms with Crippen molar-refractivity contribution < 1.29 is 5.11 Å². The van der Waals surface area contributed by atoms with Crippen molar-refractivity contribution in [2.45, 2.75) is 57.6 Å². The fourth-order valence-corrected chi connectivity index (χ4v) is 3.69. The lowest BCUT2D eigenvalue weighted by molar-refractivity contribution is 0.0538. The molecule has 1 saturated heterocycles. The van der Waals surface area contributed by atoms with E-state index in [1.165, 1.54) is 25.7 Å². The van der Waals surface area contributed by atoms with E-state index < -0.39 is 0 Å². The number of nitriles is 1. The molecule has 114 valence electrons. The third-order valence-corrected chi connectivity index (χ3v) is 4.93. The second-order valence-electron chi connectivity index (χ2n) is 6.43. The molecule has 0 aromatic rings. The minimum atomic E-state index is -0.164. The van der Waals surface area contributed by atoms with E-state index in [2.05, 4.69) is 22.8 Å². The Morgan fingerprint density at radius 1 is 1.20 bits per heavy atom. The van der Waals surface area contributed by atoms with E-state index in [1.807, 2.05) is 0 Å². The second-order valence-corrected chi connectivity index (χ2v) is 6.43. The lowest BCUT2D eigenvalue weighted by atomic mass is 9.99. The van der Waals surface area contributed by atoms with Gasteiger partial charge in [0.1, 0.15) is 0 Å². The topological polar surface area (TPSA) is 50.5 Å². The first-order chi connectivity index (χ1) is 9.72. The third kappa shape index (κ3) is 4.44. The normalized spacial score (nSPS) is 25.4. The molecule has 1 aliphatic carbocycles. The molecule has 2 aliphatic rings. The molecule has 0 aromatic heterocycles. The quantitative estimate of drug-likeness (QED) is 0.806. The summed E-state index contributed by atoms with van der Waals surface area (Å²) in [5.41, 5.74) is 0. The maximum absolute atomic E-state index is 10.2. The van der Waals surface area contributed by atoms with Crippen molar-refractivity contribution in [3.8, 4) is 6.07 Å². The zero-order valence-corrected chi connectivity index (χ0v) is 12.8. The zero-order valence-electron chi connectivity index (χ0n) is 12.8. The van der Waals surface area contributed by atoms with Crippen LogP contribution in [0.2, 0.25) is 0 Å². The van der Waals surface area contributed by atoms with E-state index in [1.54, 1.807) is 0 Å². The van der Waals surface area contributed by atoms with Crippen LogP contribution < -0.4 is 0 Å². The molecule has 0 aromatic carbocycles. The first-order valence-corrected chi connectivity index (χ1v) is 8.27. The van der Waals surface area contributed by atoms with Crippen molar-refractivity contribution in [1.82, 2.24) is 9.80 Å². The molecule has 2 rings (SSSR count). The van der Waals surface area contributed by atoms with Crippen molar-refractivity contribution >= 4 is 0 Å². The van der Waals surface area contributed by atoms with Gasteiger partial charge in [-0.15, -0.1) is 0 Å². The molecule has 1 saturated carbocycles. The molecule has 2 unspecified atom stereocenters. The summed E-state index contributed by atoms with van der Waals surface area (Å²) in [7, 11) is 0. The maximum atomic E-state index is 10.2. The van der Waals surface area contributed by atoms with E-state index in [0.29, 0.717) is 0 Å². The van der Waals surface area contributed by atoms with Crippen LogP contribution in [-0.4, -0.2) is 59.8 Å². The Morgan fingerprint density at radius 3 is 2.40 bits per heavy atom. The van der Waals surface area contributed by atoms with Gasteiger partial charge in [0.05, 0.1) is 18.2 Å². The Bertz CT molecular complexity index is 314. The largest absolute Gasteiger partial charge is 0.392 e. The molecule has 20 heavy (non-hydrogen) atoms. The molecule has 2 fully saturated rings. The van der Waals surface area contributed by atoms with Crippen LogP contribution in [-0.2, 0) is 0 Å². The van der Waals surface area contributed by atoms with Gasteiger partial charge in [0.25, 0.3) is 0 Å². The zero-order chi connectivity index (χ0) is 14.4. The van der Waals surface area contributed by atoms with E-state index >= 15 is 0 Å². The number of aliphatic hydroxyl groups excluding tert-OH is 1. The predicted octanol–water partition coefficient (Wildman–Crippen LogP) is 1.85. The average Bonchev–Trinajstić information content (AvgIpc) is 2.94. The highest BCUT2D eigenvalue weighted by Gasteiger charge is 2.25. The summed E-state index contributed by atoms with van der Waals surface area (Å²) in [6.07, 6.45) is 7.04. The number of rotatable bonds is 6. The Labute approximate surface area is 123 Å². The molecule has 4 nitrogen and oxygen atoms in total. The minimum absolute atomic E-state index is 0.0700. The number of hydrogen-bond donors (Lipinski definition) is 1. The second kappa shape index (κ2) is 7.97. The number of aliphatic hydroxyl groups is 1. The van der Waals surface area contributed by atoms with Crippen LogP contribution in [0.1, 0.15) is 45.4 Å². The van der Waals surface area contributed by atoms with Gasteiger partial charge >= 0.3 is 0 Å². The van der Waals surface area contributed by atoms with Crippen LogP contribution in [0.15, 0.2) is 0 Å². The van der Waals surface area contributed by atoms with Crippen molar-refractivity contribution in [3.63, 3.8) is 0 Å². The Morgan fingerprint density at radius 2 is 1.85 bits per heavy atom. The van der Waals surface area contributed by atoms with Gasteiger partial charge < -0.3 is 5.11 Å². The number of nitrogens with zero attached hydrogens (tertiary/aromatic N) is 3. The van der Waals surface area contributed by atoms with Gasteiger partial charge in [0.2, 0.25) is 0 Å². The SMILES string of the molecule is CCC(C#N)N1CCN(CC(O)CC2CCCC2)CC1. The van der Waals surface area contributed by atoms with Crippen LogP contribution in [0.4, 0.5) is 0 Å². The van der Waals surface area contributed by atoms with Crippen LogP contribution in [0, 0.1) is 17.2 Å². The summed E-state index contributed by atoms with van der Waals surface area (Å²) in [4.78, 5) is 4.64. The standard InChI is InChI=1S/C16H29N3O/c1-2-15(12-17)19-9-7-18(8-10-19)13-16(20)11-14-5-3-4-6-14/h14-16,20H,2-11,13H2,1H3. The van der Waals surface area contributed by atoms with Gasteiger partial charge in [0, 0.05) is 32.7 Å². The molecular weight excluding hydrogens is 250 g/mol. The molecule has 0 spiro atoms. The molecule has 0 amide bonds. The van der Waals surface area contributed by atoms with Crippen LogP contribution in [0.3, 0.4) is 0 Å². The Kier molecular flexibility index (Phi) is 6.28. The van der Waals surface area contributed by atoms with E-state index in [9.17, 15) is 5.11 Å². The predicted molar refractivity (Wildman–Crippen MR) is 80.3 cm³/mol. The van der Waals surface area contributed by atoms with Gasteiger partial charge in [-0.1, -0.05) is 32.6 Å². The van der Waals surface area contributed by atoms with Gasteiger partial charge in [0.15, 0.2) is 0 Å². The summed E-state index contributed by atoms with van der Waals surface area (Å²) in [5.74, 6) is 0.759. The molecule has 1 heterocycles. The van der Waals surface area contributed by atoms with Crippen LogP contribution in [0.5, 0.6) is 0 Å². The van der Waals surface area contributed by atoms with Crippen LogP contribution >= 0.6 is 0 Å². The van der Waals surface area contributed by atoms with Crippen molar-refractivity contribution in [3.05, 3.63) is 0 Å². The number of piperazine rings is 1. The Hall–Kier alpha value is -0.630. The molecule has 0 radical (unpaired) electrons. The molecular formula is C16H29N3O. The molecule has 0 bridgehead atoms. The smallest absolute Gasteiger partial charge is 0.0976 e. The van der Waals surface area contributed by atoms with Crippen molar-refractivity contribution in [2.75, 3.05) is 32.7 Å². The number of β-amino-alcohol motifs (C(OH)–C–C–N with tert-alkyl or cyclic N) is 1. The first-order valence-electron chi connectivity index (χ1n) is 8.27. The van der Waals surface area contributed by atoms with E-state index in [4.69, 9.17) is 5.26 Å². The van der Waals surface area contributed by atoms with E-state index in [-0.39, 0.29) is 12.1 Å². The monoisotopic (exact) mass is 279 g/mol. The highest BCUT2D eigenvalue weighted by Crippen LogP contribution is 2.28. The fourth-order valence-electron chi connectivity index (χ4n) is 3.69. The van der Waals surface area contributed by atoms with Gasteiger partial charge in [-0.25, -0.2) is 0 Å². The van der Waals surface area contributed by atoms with E-state index in [0.717, 1.165) is 51.5 Å². The highest BCUT2D eigenvalue weighted by atomic mass is 16.3. The van der Waals surface area contributed by atoms with Gasteiger partial charge in [-0.05, 0) is 18.8 Å².